The van der Waals surface area contributed by atoms with Crippen LogP contribution in [0.15, 0.2) is 11.6 Å². The van der Waals surface area contributed by atoms with Crippen molar-refractivity contribution < 1.29 is 32.6 Å². The Morgan fingerprint density at radius 3 is 2.35 bits per heavy atom. The monoisotopic (exact) mass is 551 g/mol. The number of nitriles is 1. The van der Waals surface area contributed by atoms with Crippen molar-refractivity contribution in [1.29, 1.82) is 5.26 Å². The quantitative estimate of drug-likeness (QED) is 0.101. The van der Waals surface area contributed by atoms with Gasteiger partial charge < -0.3 is 23.3 Å². The summed E-state index contributed by atoms with van der Waals surface area (Å²) in [5, 5.41) is 9.81. The Bertz CT molecular complexity index is 1080. The van der Waals surface area contributed by atoms with Gasteiger partial charge in [0.25, 0.3) is 0 Å². The molecule has 0 fully saturated rings. The van der Waals surface area contributed by atoms with E-state index in [1.54, 1.807) is 21.0 Å². The zero-order valence-corrected chi connectivity index (χ0v) is 25.5. The molecule has 1 heterocycles. The maximum atomic E-state index is 13.3. The number of carbonyl (C=O) groups is 1. The van der Waals surface area contributed by atoms with Crippen LogP contribution in [0.1, 0.15) is 60.7 Å². The number of fused-ring (bicyclic) bond motifs is 1. The molecule has 2 rings (SSSR count). The summed E-state index contributed by atoms with van der Waals surface area (Å²) in [6.07, 6.45) is 3.32. The van der Waals surface area contributed by atoms with Crippen molar-refractivity contribution in [3.63, 3.8) is 0 Å². The molecule has 0 aromatic heterocycles. The largest absolute Gasteiger partial charge is 0.496 e. The number of nitrogens with zero attached hydrogens (tertiary/aromatic N) is 1. The summed E-state index contributed by atoms with van der Waals surface area (Å²) < 4.78 is 41.6. The molecule has 0 saturated heterocycles. The third-order valence-electron chi connectivity index (χ3n) is 6.38. The first-order valence-electron chi connectivity index (χ1n) is 12.9. The first-order chi connectivity index (χ1) is 17.5. The number of allylic oxidation sites excluding steroid dienone is 2. The minimum Gasteiger partial charge on any atom is -0.496 e. The number of ether oxygens (including phenoxy) is 3. The number of methoxy groups -OCH3 is 1. The number of hydrogen-bond acceptors (Lipinski definition) is 8. The summed E-state index contributed by atoms with van der Waals surface area (Å²) in [6, 6.07) is 3.08. The summed E-state index contributed by atoms with van der Waals surface area (Å²) >= 11 is 0. The molecule has 0 saturated carbocycles. The van der Waals surface area contributed by atoms with Crippen LogP contribution < -0.4 is 9.47 Å². The van der Waals surface area contributed by atoms with E-state index in [1.165, 1.54) is 0 Å². The van der Waals surface area contributed by atoms with Crippen molar-refractivity contribution >= 4 is 21.6 Å². The first-order valence-corrected chi connectivity index (χ1v) is 18.3. The Balaban J connectivity index is 2.49. The van der Waals surface area contributed by atoms with Gasteiger partial charge >= 0.3 is 13.6 Å². The Morgan fingerprint density at radius 2 is 1.84 bits per heavy atom. The van der Waals surface area contributed by atoms with Crippen LogP contribution in [-0.4, -0.2) is 46.6 Å². The highest BCUT2D eigenvalue weighted by atomic mass is 31.2. The predicted octanol–water partition coefficient (Wildman–Crippen LogP) is 6.82. The Labute approximate surface area is 222 Å². The van der Waals surface area contributed by atoms with E-state index < -0.39 is 21.3 Å². The van der Waals surface area contributed by atoms with Crippen LogP contribution in [-0.2, 0) is 31.4 Å². The highest BCUT2D eigenvalue weighted by Crippen LogP contribution is 2.55. The SMILES string of the molecule is CCOP(=O)(OCC)C(C#N)CC(=CCc1c(OC)c(C)c2c(c1OCC[Si](C)(C)C)C(=O)OC2)CC. The lowest BCUT2D eigenvalue weighted by Crippen LogP contribution is -2.23. The number of hydrogen-bond donors (Lipinski definition) is 0. The number of cyclic esters (lactones) is 1. The lowest BCUT2D eigenvalue weighted by Gasteiger charge is -2.23. The van der Waals surface area contributed by atoms with Crippen LogP contribution in [0, 0.1) is 18.3 Å². The molecule has 206 valence electrons. The van der Waals surface area contributed by atoms with Crippen LogP contribution in [0.25, 0.3) is 0 Å². The fourth-order valence-electron chi connectivity index (χ4n) is 4.30. The molecule has 37 heavy (non-hydrogen) atoms. The maximum absolute atomic E-state index is 13.3. The predicted molar refractivity (Wildman–Crippen MR) is 147 cm³/mol. The first kappa shape index (κ1) is 31.1. The molecule has 0 radical (unpaired) electrons. The second-order valence-electron chi connectivity index (χ2n) is 10.2. The van der Waals surface area contributed by atoms with Gasteiger partial charge in [-0.25, -0.2) is 4.79 Å². The Morgan fingerprint density at radius 1 is 1.19 bits per heavy atom. The molecule has 1 aromatic rings. The van der Waals surface area contributed by atoms with Crippen molar-refractivity contribution in [2.45, 2.75) is 84.9 Å². The molecule has 0 spiro atoms. The summed E-state index contributed by atoms with van der Waals surface area (Å²) in [4.78, 5) is 12.7. The molecule has 1 aromatic carbocycles. The number of esters is 1. The highest BCUT2D eigenvalue weighted by molar-refractivity contribution is 7.55. The molecule has 1 unspecified atom stereocenters. The molecule has 8 nitrogen and oxygen atoms in total. The minimum absolute atomic E-state index is 0.195. The van der Waals surface area contributed by atoms with Crippen molar-refractivity contribution in [2.24, 2.45) is 0 Å². The van der Waals surface area contributed by atoms with Gasteiger partial charge in [0.15, 0.2) is 5.66 Å². The summed E-state index contributed by atoms with van der Waals surface area (Å²) in [5.41, 5.74) is 2.92. The van der Waals surface area contributed by atoms with Crippen molar-refractivity contribution in [3.8, 4) is 17.6 Å². The average Bonchev–Trinajstić information content (AvgIpc) is 3.22. The molecule has 1 aliphatic rings. The molecule has 0 bridgehead atoms. The summed E-state index contributed by atoms with van der Waals surface area (Å²) in [6.45, 7) is 15.3. The van der Waals surface area contributed by atoms with Gasteiger partial charge in [-0.2, -0.15) is 5.26 Å². The molecule has 0 amide bonds. The third-order valence-corrected chi connectivity index (χ3v) is 10.4. The van der Waals surface area contributed by atoms with Gasteiger partial charge in [-0.05, 0) is 51.6 Å². The van der Waals surface area contributed by atoms with Gasteiger partial charge in [0, 0.05) is 19.2 Å². The summed E-state index contributed by atoms with van der Waals surface area (Å²) in [7, 11) is -3.34. The van der Waals surface area contributed by atoms with E-state index in [0.29, 0.717) is 36.5 Å². The van der Waals surface area contributed by atoms with Gasteiger partial charge in [0.05, 0.1) is 33.0 Å². The van der Waals surface area contributed by atoms with Crippen molar-refractivity contribution in [2.75, 3.05) is 26.9 Å². The van der Waals surface area contributed by atoms with Gasteiger partial charge in [-0.15, -0.1) is 0 Å². The van der Waals surface area contributed by atoms with Crippen LogP contribution in [0.2, 0.25) is 25.7 Å². The zero-order chi connectivity index (χ0) is 27.8. The number of carbonyl (C=O) groups excluding carboxylic acids is 1. The maximum Gasteiger partial charge on any atom is 0.348 e. The fraction of sp³-hybridized carbons (Fsp3) is 0.630. The number of rotatable bonds is 15. The Kier molecular flexibility index (Phi) is 11.4. The smallest absolute Gasteiger partial charge is 0.348 e. The van der Waals surface area contributed by atoms with Crippen molar-refractivity contribution in [1.82, 2.24) is 0 Å². The van der Waals surface area contributed by atoms with Crippen LogP contribution >= 0.6 is 7.60 Å². The van der Waals surface area contributed by atoms with E-state index in [1.807, 2.05) is 19.9 Å². The Hall–Kier alpha value is -2.11. The van der Waals surface area contributed by atoms with E-state index in [2.05, 4.69) is 25.7 Å². The molecular formula is C27H42NO7PSi. The van der Waals surface area contributed by atoms with Gasteiger partial charge in [0.2, 0.25) is 0 Å². The van der Waals surface area contributed by atoms with E-state index in [4.69, 9.17) is 23.3 Å². The molecule has 0 aliphatic carbocycles. The lowest BCUT2D eigenvalue weighted by atomic mass is 9.94. The van der Waals surface area contributed by atoms with Gasteiger partial charge in [-0.1, -0.05) is 38.2 Å². The second kappa shape index (κ2) is 13.6. The van der Waals surface area contributed by atoms with Crippen molar-refractivity contribution in [3.05, 3.63) is 33.9 Å². The summed E-state index contributed by atoms with van der Waals surface area (Å²) in [5.74, 6) is 0.789. The zero-order valence-electron chi connectivity index (χ0n) is 23.6. The van der Waals surface area contributed by atoms with Gasteiger partial charge in [0.1, 0.15) is 23.7 Å². The highest BCUT2D eigenvalue weighted by Gasteiger charge is 2.36. The molecule has 10 heteroatoms. The van der Waals surface area contributed by atoms with E-state index in [-0.39, 0.29) is 32.2 Å². The fourth-order valence-corrected chi connectivity index (χ4v) is 6.77. The molecule has 1 aliphatic heterocycles. The third kappa shape index (κ3) is 7.70. The van der Waals surface area contributed by atoms with Gasteiger partial charge in [-0.3, -0.25) is 4.57 Å². The standard InChI is InChI=1S/C27H42NO7PSi/c1-9-20(16-21(17-28)36(30,34-10-2)35-11-3)12-13-22-25(31-5)19(4)23-18-33-27(29)24(23)26(22)32-14-15-37(6,7)8/h12,21H,9-11,13-16,18H2,1-8H3. The second-order valence-corrected chi connectivity index (χ2v) is 18.0. The van der Waals surface area contributed by atoms with Crippen LogP contribution in [0.4, 0.5) is 0 Å². The van der Waals surface area contributed by atoms with Crippen LogP contribution in [0.3, 0.4) is 0 Å². The van der Waals surface area contributed by atoms with E-state index in [0.717, 1.165) is 28.3 Å². The number of benzene rings is 1. The molecule has 0 N–H and O–H groups in total. The lowest BCUT2D eigenvalue weighted by molar-refractivity contribution is 0.0532. The van der Waals surface area contributed by atoms with Crippen LogP contribution in [0.5, 0.6) is 11.5 Å². The molecular weight excluding hydrogens is 509 g/mol. The average molecular weight is 552 g/mol. The molecule has 1 atom stereocenters. The topological polar surface area (TPSA) is 104 Å². The normalized spacial score (nSPS) is 14.7. The van der Waals surface area contributed by atoms with E-state index >= 15 is 0 Å². The minimum atomic E-state index is -3.58. The van der Waals surface area contributed by atoms with E-state index in [9.17, 15) is 14.6 Å².